The first kappa shape index (κ1) is 16.7. The molecule has 0 aromatic rings. The summed E-state index contributed by atoms with van der Waals surface area (Å²) >= 11 is 0. The van der Waals surface area contributed by atoms with E-state index in [1.54, 1.807) is 7.05 Å². The van der Waals surface area contributed by atoms with Crippen molar-refractivity contribution in [2.75, 3.05) is 46.2 Å². The summed E-state index contributed by atoms with van der Waals surface area (Å²) in [5, 5.41) is 3.12. The monoisotopic (exact) mass is 318 g/mol. The fraction of sp³-hybridized carbons (Fsp3) is 0.929. The van der Waals surface area contributed by atoms with Crippen LogP contribution in [0.3, 0.4) is 0 Å². The van der Waals surface area contributed by atoms with Crippen LogP contribution in [0.5, 0.6) is 0 Å². The highest BCUT2D eigenvalue weighted by Gasteiger charge is 2.49. The molecule has 1 saturated carbocycles. The van der Waals surface area contributed by atoms with E-state index < -0.39 is 14.6 Å². The Bertz CT molecular complexity index is 467. The van der Waals surface area contributed by atoms with Crippen molar-refractivity contribution >= 4 is 15.7 Å². The molecule has 1 heterocycles. The molecule has 1 amide bonds. The van der Waals surface area contributed by atoms with Crippen molar-refractivity contribution in [1.82, 2.24) is 10.2 Å². The van der Waals surface area contributed by atoms with Gasteiger partial charge in [-0.05, 0) is 44.7 Å². The number of likely N-dealkylation sites (N-methyl/N-ethyl adjacent to an activating group) is 1. The maximum absolute atomic E-state index is 12.7. The molecule has 1 N–H and O–H groups in total. The lowest BCUT2D eigenvalue weighted by molar-refractivity contribution is -0.134. The predicted molar refractivity (Wildman–Crippen MR) is 80.9 cm³/mol. The fourth-order valence-corrected chi connectivity index (χ4v) is 4.18. The highest BCUT2D eigenvalue weighted by Crippen LogP contribution is 2.30. The first-order valence-electron chi connectivity index (χ1n) is 7.60. The van der Waals surface area contributed by atoms with Gasteiger partial charge < -0.3 is 15.0 Å². The molecule has 6 nitrogen and oxygen atoms in total. The second kappa shape index (κ2) is 6.62. The van der Waals surface area contributed by atoms with E-state index in [2.05, 4.69) is 5.32 Å². The van der Waals surface area contributed by atoms with E-state index in [-0.39, 0.29) is 5.91 Å². The van der Waals surface area contributed by atoms with Gasteiger partial charge in [0.05, 0.1) is 6.61 Å². The molecule has 2 aliphatic rings. The smallest absolute Gasteiger partial charge is 0.243 e. The summed E-state index contributed by atoms with van der Waals surface area (Å²) < 4.78 is 28.6. The lowest BCUT2D eigenvalue weighted by Crippen LogP contribution is -2.57. The van der Waals surface area contributed by atoms with Crippen LogP contribution in [0.2, 0.25) is 0 Å². The number of nitrogens with one attached hydrogen (secondary N) is 1. The number of ether oxygens (including phenoxy) is 1. The van der Waals surface area contributed by atoms with Gasteiger partial charge in [-0.25, -0.2) is 8.42 Å². The fourth-order valence-electron chi connectivity index (χ4n) is 2.76. The molecule has 21 heavy (non-hydrogen) atoms. The molecule has 0 radical (unpaired) electrons. The molecular formula is C14H26N2O4S. The number of hydrogen-bond acceptors (Lipinski definition) is 5. The molecule has 1 aliphatic carbocycles. The van der Waals surface area contributed by atoms with Gasteiger partial charge in [-0.2, -0.15) is 0 Å². The highest BCUT2D eigenvalue weighted by atomic mass is 32.2. The number of rotatable bonds is 7. The van der Waals surface area contributed by atoms with Crippen LogP contribution < -0.4 is 5.32 Å². The lowest BCUT2D eigenvalue weighted by Gasteiger charge is -2.37. The Morgan fingerprint density at radius 3 is 2.48 bits per heavy atom. The summed E-state index contributed by atoms with van der Waals surface area (Å²) in [7, 11) is -1.77. The first-order valence-corrected chi connectivity index (χ1v) is 9.49. The van der Waals surface area contributed by atoms with E-state index in [0.29, 0.717) is 45.0 Å². The van der Waals surface area contributed by atoms with E-state index >= 15 is 0 Å². The Hall–Kier alpha value is -0.660. The van der Waals surface area contributed by atoms with E-state index in [1.165, 1.54) is 24.0 Å². The van der Waals surface area contributed by atoms with Gasteiger partial charge in [0.1, 0.15) is 0 Å². The Labute approximate surface area is 127 Å². The zero-order chi connectivity index (χ0) is 15.5. The van der Waals surface area contributed by atoms with Gasteiger partial charge in [0.2, 0.25) is 5.91 Å². The van der Waals surface area contributed by atoms with Crippen molar-refractivity contribution in [2.45, 2.75) is 30.4 Å². The minimum atomic E-state index is -3.44. The largest absolute Gasteiger partial charge is 0.379 e. The number of hydrogen-bond donors (Lipinski definition) is 1. The van der Waals surface area contributed by atoms with Gasteiger partial charge in [0.25, 0.3) is 0 Å². The molecular weight excluding hydrogens is 292 g/mol. The van der Waals surface area contributed by atoms with Crippen molar-refractivity contribution < 1.29 is 17.9 Å². The number of piperidine rings is 1. The van der Waals surface area contributed by atoms with E-state index in [4.69, 9.17) is 4.74 Å². The molecule has 2 fully saturated rings. The van der Waals surface area contributed by atoms with Gasteiger partial charge in [-0.15, -0.1) is 0 Å². The number of carbonyl (C=O) groups excluding carboxylic acids is 1. The maximum Gasteiger partial charge on any atom is 0.243 e. The number of nitrogens with zero attached hydrogens (tertiary/aromatic N) is 1. The summed E-state index contributed by atoms with van der Waals surface area (Å²) in [4.78, 5) is 14.2. The van der Waals surface area contributed by atoms with Crippen molar-refractivity contribution in [3.63, 3.8) is 0 Å². The van der Waals surface area contributed by atoms with E-state index in [9.17, 15) is 13.2 Å². The second-order valence-electron chi connectivity index (χ2n) is 6.26. The lowest BCUT2D eigenvalue weighted by atomic mass is 9.95. The molecule has 0 spiro atoms. The molecule has 0 aromatic heterocycles. The van der Waals surface area contributed by atoms with Crippen molar-refractivity contribution in [2.24, 2.45) is 5.92 Å². The summed E-state index contributed by atoms with van der Waals surface area (Å²) in [5.74, 6) is 0.402. The molecule has 0 atom stereocenters. The Morgan fingerprint density at radius 1 is 1.33 bits per heavy atom. The third kappa shape index (κ3) is 3.96. The van der Waals surface area contributed by atoms with Gasteiger partial charge in [-0.1, -0.05) is 0 Å². The van der Waals surface area contributed by atoms with Crippen molar-refractivity contribution in [1.29, 1.82) is 0 Å². The minimum Gasteiger partial charge on any atom is -0.379 e. The van der Waals surface area contributed by atoms with Crippen LogP contribution in [0.25, 0.3) is 0 Å². The molecule has 1 saturated heterocycles. The quantitative estimate of drug-likeness (QED) is 0.671. The van der Waals surface area contributed by atoms with Crippen LogP contribution in [-0.2, 0) is 19.4 Å². The average Bonchev–Trinajstić information content (AvgIpc) is 3.26. The normalized spacial score (nSPS) is 22.0. The summed E-state index contributed by atoms with van der Waals surface area (Å²) in [6.07, 6.45) is 4.33. The Kier molecular flexibility index (Phi) is 5.27. The zero-order valence-electron chi connectivity index (χ0n) is 12.9. The van der Waals surface area contributed by atoms with Crippen LogP contribution >= 0.6 is 0 Å². The van der Waals surface area contributed by atoms with E-state index in [0.717, 1.165) is 6.61 Å². The minimum absolute atomic E-state index is 0.290. The number of sulfone groups is 1. The first-order chi connectivity index (χ1) is 9.87. The summed E-state index contributed by atoms with van der Waals surface area (Å²) in [6, 6.07) is 0. The third-order valence-corrected chi connectivity index (χ3v) is 6.48. The average molecular weight is 318 g/mol. The Balaban J connectivity index is 1.93. The molecule has 0 unspecified atom stereocenters. The number of carbonyl (C=O) groups is 1. The van der Waals surface area contributed by atoms with Crippen LogP contribution in [0, 0.1) is 5.92 Å². The summed E-state index contributed by atoms with van der Waals surface area (Å²) in [6.45, 7) is 2.78. The molecule has 0 bridgehead atoms. The second-order valence-corrected chi connectivity index (χ2v) is 8.59. The Morgan fingerprint density at radius 2 is 1.95 bits per heavy atom. The SMILES string of the molecule is CN(CCOCC1CC1)C(=O)C1(S(C)(=O)=O)CCNCC1. The van der Waals surface area contributed by atoms with Gasteiger partial charge in [0.15, 0.2) is 14.6 Å². The van der Waals surface area contributed by atoms with Crippen LogP contribution in [-0.4, -0.2) is 70.1 Å². The van der Waals surface area contributed by atoms with Crippen LogP contribution in [0.4, 0.5) is 0 Å². The standard InChI is InChI=1S/C14H26N2O4S/c1-16(9-10-20-11-12-3-4-12)13(17)14(21(2,18)19)5-7-15-8-6-14/h12,15H,3-11H2,1-2H3. The molecule has 7 heteroatoms. The zero-order valence-corrected chi connectivity index (χ0v) is 13.7. The topological polar surface area (TPSA) is 75.7 Å². The molecule has 0 aromatic carbocycles. The van der Waals surface area contributed by atoms with Crippen LogP contribution in [0.1, 0.15) is 25.7 Å². The predicted octanol–water partition coefficient (Wildman–Crippen LogP) is 0.0382. The van der Waals surface area contributed by atoms with Gasteiger partial charge in [0, 0.05) is 26.5 Å². The van der Waals surface area contributed by atoms with Crippen molar-refractivity contribution in [3.8, 4) is 0 Å². The summed E-state index contributed by atoms with van der Waals surface area (Å²) in [5.41, 5.74) is 0. The van der Waals surface area contributed by atoms with Crippen molar-refractivity contribution in [3.05, 3.63) is 0 Å². The molecule has 1 aliphatic heterocycles. The highest BCUT2D eigenvalue weighted by molar-refractivity contribution is 7.92. The van der Waals surface area contributed by atoms with E-state index in [1.807, 2.05) is 0 Å². The molecule has 122 valence electrons. The molecule has 2 rings (SSSR count). The third-order valence-electron chi connectivity index (χ3n) is 4.48. The van der Waals surface area contributed by atoms with Gasteiger partial charge in [-0.3, -0.25) is 4.79 Å². The number of amides is 1. The maximum atomic E-state index is 12.7. The van der Waals surface area contributed by atoms with Crippen LogP contribution in [0.15, 0.2) is 0 Å². The van der Waals surface area contributed by atoms with Gasteiger partial charge >= 0.3 is 0 Å².